The van der Waals surface area contributed by atoms with E-state index in [9.17, 15) is 14.4 Å². The fourth-order valence-corrected chi connectivity index (χ4v) is 1.08. The van der Waals surface area contributed by atoms with E-state index in [-0.39, 0.29) is 30.4 Å². The highest BCUT2D eigenvalue weighted by Crippen LogP contribution is 2.06. The summed E-state index contributed by atoms with van der Waals surface area (Å²) in [4.78, 5) is 33.2. The van der Waals surface area contributed by atoms with Crippen molar-refractivity contribution in [1.29, 1.82) is 0 Å². The van der Waals surface area contributed by atoms with E-state index < -0.39 is 5.92 Å². The van der Waals surface area contributed by atoms with Gasteiger partial charge in [0, 0.05) is 12.8 Å². The van der Waals surface area contributed by atoms with Gasteiger partial charge in [0.05, 0.1) is 12.5 Å². The molecule has 0 spiro atoms. The summed E-state index contributed by atoms with van der Waals surface area (Å²) in [6.07, 6.45) is 0.957. The third kappa shape index (κ3) is 5.99. The van der Waals surface area contributed by atoms with Crippen molar-refractivity contribution in [2.45, 2.75) is 40.0 Å². The molecule has 86 valence electrons. The highest BCUT2D eigenvalue weighted by Gasteiger charge is 2.17. The zero-order chi connectivity index (χ0) is 11.8. The van der Waals surface area contributed by atoms with Gasteiger partial charge in [-0.25, -0.2) is 0 Å². The predicted molar refractivity (Wildman–Crippen MR) is 55.3 cm³/mol. The summed E-state index contributed by atoms with van der Waals surface area (Å²) in [5, 5.41) is 0. The van der Waals surface area contributed by atoms with Gasteiger partial charge in [0.1, 0.15) is 11.6 Å². The van der Waals surface area contributed by atoms with Gasteiger partial charge in [0.15, 0.2) is 0 Å². The summed E-state index contributed by atoms with van der Waals surface area (Å²) in [6, 6.07) is 0. The van der Waals surface area contributed by atoms with Crippen LogP contribution in [0.2, 0.25) is 0 Å². The maximum absolute atomic E-state index is 11.4. The van der Waals surface area contributed by atoms with Crippen molar-refractivity contribution in [2.24, 2.45) is 5.92 Å². The quantitative estimate of drug-likeness (QED) is 0.476. The lowest BCUT2D eigenvalue weighted by Gasteiger charge is -2.05. The Labute approximate surface area is 90.0 Å². The van der Waals surface area contributed by atoms with Gasteiger partial charge >= 0.3 is 5.97 Å². The normalized spacial score (nSPS) is 11.9. The standard InChI is InChI=1S/C11H18O4/c1-4-15-11(14)7-5-6-10(13)8(2)9(3)12/h8H,4-7H2,1-3H3. The second kappa shape index (κ2) is 7.15. The van der Waals surface area contributed by atoms with Crippen LogP contribution < -0.4 is 0 Å². The SMILES string of the molecule is CCOC(=O)CCCC(=O)C(C)C(C)=O. The molecule has 0 fully saturated rings. The molecule has 0 aromatic rings. The summed E-state index contributed by atoms with van der Waals surface area (Å²) in [5.74, 6) is -1.07. The lowest BCUT2D eigenvalue weighted by Crippen LogP contribution is -2.18. The zero-order valence-electron chi connectivity index (χ0n) is 9.54. The second-order valence-electron chi connectivity index (χ2n) is 3.46. The van der Waals surface area contributed by atoms with Crippen LogP contribution in [0.1, 0.15) is 40.0 Å². The Hall–Kier alpha value is -1.19. The number of carbonyl (C=O) groups is 3. The fourth-order valence-electron chi connectivity index (χ4n) is 1.08. The molecule has 0 aliphatic heterocycles. The molecule has 0 aliphatic rings. The monoisotopic (exact) mass is 214 g/mol. The van der Waals surface area contributed by atoms with Crippen LogP contribution in [0.4, 0.5) is 0 Å². The maximum atomic E-state index is 11.4. The summed E-state index contributed by atoms with van der Waals surface area (Å²) < 4.78 is 4.71. The van der Waals surface area contributed by atoms with E-state index in [0.29, 0.717) is 13.0 Å². The molecule has 0 amide bonds. The number of ketones is 2. The van der Waals surface area contributed by atoms with E-state index in [4.69, 9.17) is 4.74 Å². The van der Waals surface area contributed by atoms with Crippen LogP contribution in [0, 0.1) is 5.92 Å². The third-order valence-electron chi connectivity index (χ3n) is 2.20. The van der Waals surface area contributed by atoms with Crippen molar-refractivity contribution >= 4 is 17.5 Å². The molecule has 15 heavy (non-hydrogen) atoms. The van der Waals surface area contributed by atoms with Crippen LogP contribution in [0.25, 0.3) is 0 Å². The number of carbonyl (C=O) groups excluding carboxylic acids is 3. The van der Waals surface area contributed by atoms with Gasteiger partial charge in [0.25, 0.3) is 0 Å². The van der Waals surface area contributed by atoms with E-state index >= 15 is 0 Å². The first-order valence-electron chi connectivity index (χ1n) is 5.17. The van der Waals surface area contributed by atoms with E-state index in [1.165, 1.54) is 6.92 Å². The Kier molecular flexibility index (Phi) is 6.58. The van der Waals surface area contributed by atoms with Crippen molar-refractivity contribution in [3.8, 4) is 0 Å². The topological polar surface area (TPSA) is 60.4 Å². The first-order valence-corrected chi connectivity index (χ1v) is 5.17. The van der Waals surface area contributed by atoms with Gasteiger partial charge in [-0.3, -0.25) is 14.4 Å². The van der Waals surface area contributed by atoms with Gasteiger partial charge in [-0.05, 0) is 27.2 Å². The first kappa shape index (κ1) is 13.8. The van der Waals surface area contributed by atoms with Gasteiger partial charge < -0.3 is 4.74 Å². The molecular weight excluding hydrogens is 196 g/mol. The Morgan fingerprint density at radius 1 is 1.20 bits per heavy atom. The molecular formula is C11H18O4. The molecule has 4 nitrogen and oxygen atoms in total. The molecule has 1 unspecified atom stereocenters. The zero-order valence-corrected chi connectivity index (χ0v) is 9.54. The van der Waals surface area contributed by atoms with Gasteiger partial charge in [-0.1, -0.05) is 0 Å². The molecule has 0 rings (SSSR count). The van der Waals surface area contributed by atoms with Gasteiger partial charge in [-0.2, -0.15) is 0 Å². The van der Waals surface area contributed by atoms with Crippen LogP contribution in [0.3, 0.4) is 0 Å². The number of hydrogen-bond acceptors (Lipinski definition) is 4. The van der Waals surface area contributed by atoms with Crippen LogP contribution >= 0.6 is 0 Å². The summed E-state index contributed by atoms with van der Waals surface area (Å²) >= 11 is 0. The summed E-state index contributed by atoms with van der Waals surface area (Å²) in [7, 11) is 0. The smallest absolute Gasteiger partial charge is 0.305 e. The van der Waals surface area contributed by atoms with E-state index in [0.717, 1.165) is 0 Å². The van der Waals surface area contributed by atoms with Gasteiger partial charge in [-0.15, -0.1) is 0 Å². The third-order valence-corrected chi connectivity index (χ3v) is 2.20. The predicted octanol–water partition coefficient (Wildman–Crippen LogP) is 1.51. The van der Waals surface area contributed by atoms with E-state index in [1.54, 1.807) is 13.8 Å². The molecule has 0 radical (unpaired) electrons. The number of rotatable bonds is 7. The summed E-state index contributed by atoms with van der Waals surface area (Å²) in [5.41, 5.74) is 0. The highest BCUT2D eigenvalue weighted by atomic mass is 16.5. The Morgan fingerprint density at radius 3 is 2.27 bits per heavy atom. The van der Waals surface area contributed by atoms with Crippen LogP contribution in [0.15, 0.2) is 0 Å². The van der Waals surface area contributed by atoms with Crippen molar-refractivity contribution < 1.29 is 19.1 Å². The highest BCUT2D eigenvalue weighted by molar-refractivity contribution is 6.00. The Balaban J connectivity index is 3.73. The molecule has 0 saturated carbocycles. The Morgan fingerprint density at radius 2 is 1.80 bits per heavy atom. The molecule has 0 aliphatic carbocycles. The molecule has 0 saturated heterocycles. The minimum atomic E-state index is -0.549. The van der Waals surface area contributed by atoms with Crippen LogP contribution in [-0.2, 0) is 19.1 Å². The van der Waals surface area contributed by atoms with Crippen molar-refractivity contribution in [3.05, 3.63) is 0 Å². The van der Waals surface area contributed by atoms with Gasteiger partial charge in [0.2, 0.25) is 0 Å². The first-order chi connectivity index (χ1) is 6.99. The lowest BCUT2D eigenvalue weighted by molar-refractivity contribution is -0.143. The van der Waals surface area contributed by atoms with Crippen molar-refractivity contribution in [1.82, 2.24) is 0 Å². The number of esters is 1. The average molecular weight is 214 g/mol. The van der Waals surface area contributed by atoms with Crippen molar-refractivity contribution in [3.63, 3.8) is 0 Å². The molecule has 0 N–H and O–H groups in total. The second-order valence-corrected chi connectivity index (χ2v) is 3.46. The van der Waals surface area contributed by atoms with E-state index in [1.807, 2.05) is 0 Å². The van der Waals surface area contributed by atoms with Crippen molar-refractivity contribution in [2.75, 3.05) is 6.61 Å². The summed E-state index contributed by atoms with van der Waals surface area (Å²) in [6.45, 7) is 5.08. The minimum Gasteiger partial charge on any atom is -0.466 e. The molecule has 4 heteroatoms. The lowest BCUT2D eigenvalue weighted by atomic mass is 9.98. The molecule has 0 aromatic carbocycles. The fraction of sp³-hybridized carbons (Fsp3) is 0.727. The number of Topliss-reactive ketones (excluding diaryl/α,β-unsaturated/α-hetero) is 2. The van der Waals surface area contributed by atoms with Crippen LogP contribution in [-0.4, -0.2) is 24.1 Å². The largest absolute Gasteiger partial charge is 0.466 e. The molecule has 0 heterocycles. The molecule has 1 atom stereocenters. The average Bonchev–Trinajstić information content (AvgIpc) is 2.16. The van der Waals surface area contributed by atoms with E-state index in [2.05, 4.69) is 0 Å². The number of hydrogen-bond donors (Lipinski definition) is 0. The minimum absolute atomic E-state index is 0.105. The Bertz CT molecular complexity index is 245. The molecule has 0 bridgehead atoms. The van der Waals surface area contributed by atoms with Crippen LogP contribution in [0.5, 0.6) is 0 Å². The molecule has 0 aromatic heterocycles. The maximum Gasteiger partial charge on any atom is 0.305 e. The number of ether oxygens (including phenoxy) is 1.